The average Bonchev–Trinajstić information content (AvgIpc) is 2.67. The van der Waals surface area contributed by atoms with Crippen LogP contribution in [0.4, 0.5) is 0 Å². The zero-order valence-electron chi connectivity index (χ0n) is 8.84. The Morgan fingerprint density at radius 1 is 1.23 bits per heavy atom. The van der Waals surface area contributed by atoms with Gasteiger partial charge in [0, 0.05) is 6.54 Å². The first-order valence-corrected chi connectivity index (χ1v) is 5.40. The van der Waals surface area contributed by atoms with E-state index in [0.29, 0.717) is 0 Å². The lowest BCUT2D eigenvalue weighted by atomic mass is 9.83. The van der Waals surface area contributed by atoms with E-state index in [1.807, 2.05) is 0 Å². The molecule has 2 nitrogen and oxygen atoms in total. The lowest BCUT2D eigenvalue weighted by molar-refractivity contribution is 0.214. The van der Waals surface area contributed by atoms with Crippen molar-refractivity contribution < 1.29 is 0 Å². The molecule has 1 saturated heterocycles. The van der Waals surface area contributed by atoms with Gasteiger partial charge in [-0.3, -0.25) is 0 Å². The fraction of sp³-hybridized carbons (Fsp3) is 0.909. The fourth-order valence-corrected chi connectivity index (χ4v) is 2.04. The molecule has 0 aromatic heterocycles. The van der Waals surface area contributed by atoms with Gasteiger partial charge in [-0.2, -0.15) is 5.26 Å². The molecule has 13 heavy (non-hydrogen) atoms. The molecule has 0 amide bonds. The normalized spacial score (nSPS) is 18.8. The first-order valence-electron chi connectivity index (χ1n) is 5.40. The lowest BCUT2D eigenvalue weighted by Gasteiger charge is -2.28. The molecule has 1 aliphatic rings. The van der Waals surface area contributed by atoms with Crippen molar-refractivity contribution in [3.63, 3.8) is 0 Å². The van der Waals surface area contributed by atoms with E-state index >= 15 is 0 Å². The molecule has 0 radical (unpaired) electrons. The van der Waals surface area contributed by atoms with Crippen molar-refractivity contribution in [3.05, 3.63) is 0 Å². The van der Waals surface area contributed by atoms with Gasteiger partial charge in [0.1, 0.15) is 0 Å². The monoisotopic (exact) mass is 180 g/mol. The van der Waals surface area contributed by atoms with Gasteiger partial charge >= 0.3 is 0 Å². The van der Waals surface area contributed by atoms with Crippen molar-refractivity contribution in [2.45, 2.75) is 39.5 Å². The van der Waals surface area contributed by atoms with Gasteiger partial charge < -0.3 is 4.90 Å². The first-order chi connectivity index (χ1) is 6.26. The van der Waals surface area contributed by atoms with Gasteiger partial charge in [-0.1, -0.05) is 13.8 Å². The van der Waals surface area contributed by atoms with E-state index < -0.39 is 0 Å². The van der Waals surface area contributed by atoms with Gasteiger partial charge in [0.25, 0.3) is 0 Å². The van der Waals surface area contributed by atoms with Crippen molar-refractivity contribution in [1.82, 2.24) is 4.90 Å². The van der Waals surface area contributed by atoms with Gasteiger partial charge in [-0.25, -0.2) is 0 Å². The zero-order valence-corrected chi connectivity index (χ0v) is 8.84. The van der Waals surface area contributed by atoms with Crippen LogP contribution in [0.5, 0.6) is 0 Å². The highest BCUT2D eigenvalue weighted by atomic mass is 15.1. The Morgan fingerprint density at radius 2 is 1.77 bits per heavy atom. The van der Waals surface area contributed by atoms with Crippen molar-refractivity contribution in [2.24, 2.45) is 5.41 Å². The van der Waals surface area contributed by atoms with Crippen molar-refractivity contribution in [3.8, 4) is 6.07 Å². The highest BCUT2D eigenvalue weighted by Gasteiger charge is 2.29. The highest BCUT2D eigenvalue weighted by molar-refractivity contribution is 4.99. The smallest absolute Gasteiger partial charge is 0.0703 e. The second kappa shape index (κ2) is 4.62. The van der Waals surface area contributed by atoms with Crippen LogP contribution in [0.15, 0.2) is 0 Å². The maximum absolute atomic E-state index is 9.16. The maximum Gasteiger partial charge on any atom is 0.0703 e. The topological polar surface area (TPSA) is 27.0 Å². The Balaban J connectivity index is 2.51. The predicted octanol–water partition coefficient (Wildman–Crippen LogP) is 2.41. The quantitative estimate of drug-likeness (QED) is 0.664. The van der Waals surface area contributed by atoms with E-state index in [2.05, 4.69) is 24.8 Å². The van der Waals surface area contributed by atoms with E-state index in [1.54, 1.807) is 0 Å². The number of rotatable bonds is 4. The van der Waals surface area contributed by atoms with Gasteiger partial charge in [0.2, 0.25) is 0 Å². The SMILES string of the molecule is CCC(C#N)(CC)CN1CCCC1. The number of hydrogen-bond donors (Lipinski definition) is 0. The van der Waals surface area contributed by atoms with Gasteiger partial charge in [-0.15, -0.1) is 0 Å². The molecule has 2 heteroatoms. The van der Waals surface area contributed by atoms with Crippen LogP contribution in [-0.2, 0) is 0 Å². The largest absolute Gasteiger partial charge is 0.302 e. The van der Waals surface area contributed by atoms with Crippen LogP contribution in [0.25, 0.3) is 0 Å². The molecule has 0 unspecified atom stereocenters. The number of nitrogens with zero attached hydrogens (tertiary/aromatic N) is 2. The average molecular weight is 180 g/mol. The minimum atomic E-state index is -0.0790. The van der Waals surface area contributed by atoms with Gasteiger partial charge in [0.15, 0.2) is 0 Å². The van der Waals surface area contributed by atoms with Crippen LogP contribution in [0.2, 0.25) is 0 Å². The molecule has 1 heterocycles. The number of likely N-dealkylation sites (tertiary alicyclic amines) is 1. The molecule has 0 atom stereocenters. The summed E-state index contributed by atoms with van der Waals surface area (Å²) in [6.07, 6.45) is 4.59. The summed E-state index contributed by atoms with van der Waals surface area (Å²) in [6.45, 7) is 7.63. The van der Waals surface area contributed by atoms with E-state index in [-0.39, 0.29) is 5.41 Å². The molecule has 0 saturated carbocycles. The third-order valence-corrected chi connectivity index (χ3v) is 3.32. The molecule has 0 spiro atoms. The minimum Gasteiger partial charge on any atom is -0.302 e. The summed E-state index contributed by atoms with van der Waals surface area (Å²) in [5, 5.41) is 9.16. The number of nitriles is 1. The Kier molecular flexibility index (Phi) is 3.74. The Morgan fingerprint density at radius 3 is 2.15 bits per heavy atom. The molecule has 1 aliphatic heterocycles. The van der Waals surface area contributed by atoms with Gasteiger partial charge in [-0.05, 0) is 38.8 Å². The molecule has 1 fully saturated rings. The van der Waals surface area contributed by atoms with Gasteiger partial charge in [0.05, 0.1) is 11.5 Å². The molecular formula is C11H20N2. The third-order valence-electron chi connectivity index (χ3n) is 3.32. The standard InChI is InChI=1S/C11H20N2/c1-3-11(4-2,9-12)10-13-7-5-6-8-13/h3-8,10H2,1-2H3. The summed E-state index contributed by atoms with van der Waals surface area (Å²) in [7, 11) is 0. The van der Waals surface area contributed by atoms with E-state index in [1.165, 1.54) is 25.9 Å². The summed E-state index contributed by atoms with van der Waals surface area (Å²) in [6, 6.07) is 2.50. The Labute approximate surface area is 81.5 Å². The summed E-state index contributed by atoms with van der Waals surface area (Å²) in [4.78, 5) is 2.44. The molecule has 0 aromatic carbocycles. The highest BCUT2D eigenvalue weighted by Crippen LogP contribution is 2.27. The predicted molar refractivity (Wildman–Crippen MR) is 54.3 cm³/mol. The van der Waals surface area contributed by atoms with E-state index in [4.69, 9.17) is 5.26 Å². The van der Waals surface area contributed by atoms with Crippen LogP contribution >= 0.6 is 0 Å². The molecule has 74 valence electrons. The van der Waals surface area contributed by atoms with E-state index in [0.717, 1.165) is 19.4 Å². The Bertz CT molecular complexity index is 183. The summed E-state index contributed by atoms with van der Waals surface area (Å²) < 4.78 is 0. The van der Waals surface area contributed by atoms with Crippen molar-refractivity contribution in [2.75, 3.05) is 19.6 Å². The maximum atomic E-state index is 9.16. The van der Waals surface area contributed by atoms with Crippen LogP contribution in [-0.4, -0.2) is 24.5 Å². The molecule has 0 bridgehead atoms. The van der Waals surface area contributed by atoms with Crippen molar-refractivity contribution >= 4 is 0 Å². The Hall–Kier alpha value is -0.550. The first kappa shape index (κ1) is 10.5. The molecular weight excluding hydrogens is 160 g/mol. The summed E-state index contributed by atoms with van der Waals surface area (Å²) in [5.74, 6) is 0. The fourth-order valence-electron chi connectivity index (χ4n) is 2.04. The molecule has 1 rings (SSSR count). The van der Waals surface area contributed by atoms with Crippen LogP contribution in [0.1, 0.15) is 39.5 Å². The zero-order chi connectivity index (χ0) is 9.73. The minimum absolute atomic E-state index is 0.0790. The number of hydrogen-bond acceptors (Lipinski definition) is 2. The summed E-state index contributed by atoms with van der Waals surface area (Å²) in [5.41, 5.74) is -0.0790. The second-order valence-corrected chi connectivity index (χ2v) is 4.08. The molecule has 0 aromatic rings. The van der Waals surface area contributed by atoms with E-state index in [9.17, 15) is 0 Å². The van der Waals surface area contributed by atoms with Crippen LogP contribution in [0.3, 0.4) is 0 Å². The molecule has 0 aliphatic carbocycles. The summed E-state index contributed by atoms with van der Waals surface area (Å²) >= 11 is 0. The third kappa shape index (κ3) is 2.45. The lowest BCUT2D eigenvalue weighted by Crippen LogP contribution is -2.34. The van der Waals surface area contributed by atoms with Crippen LogP contribution in [0, 0.1) is 16.7 Å². The molecule has 0 N–H and O–H groups in total. The van der Waals surface area contributed by atoms with Crippen LogP contribution < -0.4 is 0 Å². The van der Waals surface area contributed by atoms with Crippen molar-refractivity contribution in [1.29, 1.82) is 5.26 Å². The second-order valence-electron chi connectivity index (χ2n) is 4.08.